The third kappa shape index (κ3) is 3.03. The van der Waals surface area contributed by atoms with Crippen molar-refractivity contribution in [3.05, 3.63) is 48.0 Å². The molecular weight excluding hydrogens is 306 g/mol. The van der Waals surface area contributed by atoms with Crippen LogP contribution in [-0.2, 0) is 20.8 Å². The minimum Gasteiger partial charge on any atom is -0.459 e. The molecule has 0 spiro atoms. The standard InChI is InChI=1S/C19H19NO4/c1-13(12-23-2)24-19(22)10-20-17-6-4-3-5-15(17)16-9-14(11-21)7-8-18(16)20/h3-9,11,13H,10,12H2,1-2H3. The van der Waals surface area contributed by atoms with E-state index in [2.05, 4.69) is 0 Å². The normalized spacial score (nSPS) is 12.4. The Morgan fingerprint density at radius 1 is 1.17 bits per heavy atom. The van der Waals surface area contributed by atoms with E-state index in [4.69, 9.17) is 9.47 Å². The Morgan fingerprint density at radius 3 is 2.67 bits per heavy atom. The molecule has 3 rings (SSSR count). The summed E-state index contributed by atoms with van der Waals surface area (Å²) in [4.78, 5) is 23.3. The zero-order valence-corrected chi connectivity index (χ0v) is 13.7. The molecule has 0 saturated carbocycles. The number of rotatable bonds is 6. The number of aromatic nitrogens is 1. The van der Waals surface area contributed by atoms with Crippen molar-refractivity contribution in [1.29, 1.82) is 0 Å². The van der Waals surface area contributed by atoms with Gasteiger partial charge in [-0.25, -0.2) is 0 Å². The number of fused-ring (bicyclic) bond motifs is 3. The molecule has 5 nitrogen and oxygen atoms in total. The van der Waals surface area contributed by atoms with Gasteiger partial charge in [0.05, 0.1) is 6.61 Å². The van der Waals surface area contributed by atoms with Crippen molar-refractivity contribution in [1.82, 2.24) is 4.57 Å². The molecule has 2 aromatic carbocycles. The van der Waals surface area contributed by atoms with Gasteiger partial charge in [-0.3, -0.25) is 9.59 Å². The average molecular weight is 325 g/mol. The van der Waals surface area contributed by atoms with Crippen molar-refractivity contribution in [2.24, 2.45) is 0 Å². The minimum atomic E-state index is -0.318. The number of carbonyl (C=O) groups is 2. The quantitative estimate of drug-likeness (QED) is 0.516. The number of hydrogen-bond acceptors (Lipinski definition) is 4. The van der Waals surface area contributed by atoms with Gasteiger partial charge in [0.1, 0.15) is 18.9 Å². The maximum atomic E-state index is 12.3. The van der Waals surface area contributed by atoms with Crippen molar-refractivity contribution in [2.75, 3.05) is 13.7 Å². The zero-order valence-electron chi connectivity index (χ0n) is 13.7. The highest BCUT2D eigenvalue weighted by atomic mass is 16.6. The van der Waals surface area contributed by atoms with Gasteiger partial charge in [0.2, 0.25) is 0 Å². The van der Waals surface area contributed by atoms with Crippen molar-refractivity contribution >= 4 is 34.1 Å². The van der Waals surface area contributed by atoms with E-state index in [0.29, 0.717) is 12.2 Å². The van der Waals surface area contributed by atoms with E-state index < -0.39 is 0 Å². The highest BCUT2D eigenvalue weighted by Crippen LogP contribution is 2.29. The van der Waals surface area contributed by atoms with Crippen LogP contribution in [0.4, 0.5) is 0 Å². The lowest BCUT2D eigenvalue weighted by molar-refractivity contribution is -0.151. The number of aldehydes is 1. The van der Waals surface area contributed by atoms with Gasteiger partial charge in [-0.15, -0.1) is 0 Å². The molecule has 0 fully saturated rings. The molecule has 0 aliphatic carbocycles. The van der Waals surface area contributed by atoms with Gasteiger partial charge in [0.25, 0.3) is 0 Å². The van der Waals surface area contributed by atoms with Gasteiger partial charge in [-0.1, -0.05) is 18.2 Å². The summed E-state index contributed by atoms with van der Waals surface area (Å²) in [6, 6.07) is 13.3. The molecule has 1 aromatic heterocycles. The first-order valence-electron chi connectivity index (χ1n) is 7.78. The van der Waals surface area contributed by atoms with Crippen LogP contribution in [-0.4, -0.2) is 36.6 Å². The molecule has 0 N–H and O–H groups in total. The van der Waals surface area contributed by atoms with Crippen LogP contribution in [0, 0.1) is 0 Å². The SMILES string of the molecule is COCC(C)OC(=O)Cn1c2ccccc2c2cc(C=O)ccc21. The molecule has 0 saturated heterocycles. The molecule has 0 bridgehead atoms. The summed E-state index contributed by atoms with van der Waals surface area (Å²) in [5.41, 5.74) is 2.45. The second-order valence-electron chi connectivity index (χ2n) is 5.75. The summed E-state index contributed by atoms with van der Waals surface area (Å²) in [5.74, 6) is -0.318. The van der Waals surface area contributed by atoms with Crippen LogP contribution in [0.15, 0.2) is 42.5 Å². The number of nitrogens with zero attached hydrogens (tertiary/aromatic N) is 1. The summed E-state index contributed by atoms with van der Waals surface area (Å²) in [7, 11) is 1.57. The number of para-hydroxylation sites is 1. The lowest BCUT2D eigenvalue weighted by atomic mass is 10.1. The topological polar surface area (TPSA) is 57.5 Å². The molecular formula is C19H19NO4. The lowest BCUT2D eigenvalue weighted by Crippen LogP contribution is -2.22. The van der Waals surface area contributed by atoms with E-state index in [9.17, 15) is 9.59 Å². The molecule has 1 unspecified atom stereocenters. The van der Waals surface area contributed by atoms with Crippen molar-refractivity contribution in [3.63, 3.8) is 0 Å². The number of methoxy groups -OCH3 is 1. The number of esters is 1. The fourth-order valence-electron chi connectivity index (χ4n) is 2.97. The van der Waals surface area contributed by atoms with Gasteiger partial charge in [0, 0.05) is 34.5 Å². The van der Waals surface area contributed by atoms with E-state index in [1.807, 2.05) is 41.0 Å². The second kappa shape index (κ2) is 6.84. The third-order valence-electron chi connectivity index (χ3n) is 3.95. The van der Waals surface area contributed by atoms with Crippen LogP contribution in [0.2, 0.25) is 0 Å². The minimum absolute atomic E-state index is 0.110. The second-order valence-corrected chi connectivity index (χ2v) is 5.75. The van der Waals surface area contributed by atoms with Crippen LogP contribution in [0.25, 0.3) is 21.8 Å². The van der Waals surface area contributed by atoms with Gasteiger partial charge in [-0.05, 0) is 31.2 Å². The third-order valence-corrected chi connectivity index (χ3v) is 3.95. The van der Waals surface area contributed by atoms with Gasteiger partial charge >= 0.3 is 5.97 Å². The molecule has 0 amide bonds. The monoisotopic (exact) mass is 325 g/mol. The molecule has 1 heterocycles. The van der Waals surface area contributed by atoms with Crippen LogP contribution in [0.1, 0.15) is 17.3 Å². The maximum Gasteiger partial charge on any atom is 0.326 e. The first-order chi connectivity index (χ1) is 11.6. The predicted octanol–water partition coefficient (Wildman–Crippen LogP) is 3.19. The Morgan fingerprint density at radius 2 is 1.92 bits per heavy atom. The summed E-state index contributed by atoms with van der Waals surface area (Å²) >= 11 is 0. The molecule has 24 heavy (non-hydrogen) atoms. The van der Waals surface area contributed by atoms with Crippen molar-refractivity contribution in [2.45, 2.75) is 19.6 Å². The average Bonchev–Trinajstić information content (AvgIpc) is 2.88. The fourth-order valence-corrected chi connectivity index (χ4v) is 2.97. The van der Waals surface area contributed by atoms with Crippen molar-refractivity contribution in [3.8, 4) is 0 Å². The lowest BCUT2D eigenvalue weighted by Gasteiger charge is -2.13. The Labute approximate surface area is 139 Å². The molecule has 124 valence electrons. The summed E-state index contributed by atoms with van der Waals surface area (Å²) in [5, 5.41) is 1.96. The Hall–Kier alpha value is -2.66. The number of ether oxygens (including phenoxy) is 2. The van der Waals surface area contributed by atoms with E-state index in [-0.39, 0.29) is 18.6 Å². The van der Waals surface area contributed by atoms with E-state index >= 15 is 0 Å². The molecule has 5 heteroatoms. The van der Waals surface area contributed by atoms with Gasteiger partial charge < -0.3 is 14.0 Å². The number of benzene rings is 2. The first kappa shape index (κ1) is 16.2. The van der Waals surface area contributed by atoms with E-state index in [1.165, 1.54) is 0 Å². The highest BCUT2D eigenvalue weighted by Gasteiger charge is 2.15. The molecule has 1 atom stereocenters. The van der Waals surface area contributed by atoms with E-state index in [1.54, 1.807) is 20.1 Å². The number of carbonyl (C=O) groups excluding carboxylic acids is 2. The largest absolute Gasteiger partial charge is 0.459 e. The maximum absolute atomic E-state index is 12.3. The Kier molecular flexibility index (Phi) is 4.62. The zero-order chi connectivity index (χ0) is 17.1. The molecule has 0 aliphatic heterocycles. The van der Waals surface area contributed by atoms with Crippen molar-refractivity contribution < 1.29 is 19.1 Å². The van der Waals surface area contributed by atoms with Crippen LogP contribution in [0.3, 0.4) is 0 Å². The predicted molar refractivity (Wildman–Crippen MR) is 92.3 cm³/mol. The van der Waals surface area contributed by atoms with Crippen LogP contribution in [0.5, 0.6) is 0 Å². The first-order valence-corrected chi connectivity index (χ1v) is 7.78. The fraction of sp³-hybridized carbons (Fsp3) is 0.263. The number of hydrogen-bond donors (Lipinski definition) is 0. The Bertz CT molecular complexity index is 897. The Balaban J connectivity index is 2.02. The summed E-state index contributed by atoms with van der Waals surface area (Å²) < 4.78 is 12.3. The summed E-state index contributed by atoms with van der Waals surface area (Å²) in [6.45, 7) is 2.27. The smallest absolute Gasteiger partial charge is 0.326 e. The molecule has 0 aliphatic rings. The van der Waals surface area contributed by atoms with Crippen LogP contribution >= 0.6 is 0 Å². The van der Waals surface area contributed by atoms with Gasteiger partial charge in [0.15, 0.2) is 0 Å². The van der Waals surface area contributed by atoms with Crippen LogP contribution < -0.4 is 0 Å². The summed E-state index contributed by atoms with van der Waals surface area (Å²) in [6.07, 6.45) is 0.531. The molecule has 0 radical (unpaired) electrons. The molecule has 3 aromatic rings. The van der Waals surface area contributed by atoms with Gasteiger partial charge in [-0.2, -0.15) is 0 Å². The highest BCUT2D eigenvalue weighted by molar-refractivity contribution is 6.09. The van der Waals surface area contributed by atoms with E-state index in [0.717, 1.165) is 28.1 Å².